The molecule has 3 N–H and O–H groups in total. The highest BCUT2D eigenvalue weighted by molar-refractivity contribution is 7.89. The molecule has 242 valence electrons. The summed E-state index contributed by atoms with van der Waals surface area (Å²) >= 11 is 0. The van der Waals surface area contributed by atoms with Gasteiger partial charge in [-0.25, -0.2) is 28.1 Å². The second-order valence-electron chi connectivity index (χ2n) is 13.6. The number of nitrogens with two attached hydrogens (primary N) is 1. The Morgan fingerprint density at radius 1 is 1.07 bits per heavy atom. The predicted octanol–water partition coefficient (Wildman–Crippen LogP) is 5.37. The van der Waals surface area contributed by atoms with Crippen LogP contribution in [0.15, 0.2) is 53.6 Å². The number of rotatable bonds is 9. The molecule has 1 unspecified atom stereocenters. The van der Waals surface area contributed by atoms with E-state index in [4.69, 9.17) is 14.6 Å². The molecule has 2 amide bonds. The molecule has 11 nitrogen and oxygen atoms in total. The first kappa shape index (κ1) is 33.5. The molecule has 2 aromatic rings. The van der Waals surface area contributed by atoms with Gasteiger partial charge in [-0.3, -0.25) is 0 Å². The van der Waals surface area contributed by atoms with Gasteiger partial charge in [0.25, 0.3) is 10.0 Å². The lowest BCUT2D eigenvalue weighted by molar-refractivity contribution is 0.0130. The van der Waals surface area contributed by atoms with E-state index < -0.39 is 15.6 Å². The van der Waals surface area contributed by atoms with Crippen LogP contribution in [0, 0.1) is 11.8 Å². The summed E-state index contributed by atoms with van der Waals surface area (Å²) < 4.78 is 35.1. The summed E-state index contributed by atoms with van der Waals surface area (Å²) in [5.41, 5.74) is 0.0449. The third kappa shape index (κ3) is 9.31. The Balaban J connectivity index is 1.41. The molecule has 2 fully saturated rings. The van der Waals surface area contributed by atoms with Gasteiger partial charge in [0.05, 0.1) is 0 Å². The maximum atomic E-state index is 13.0. The summed E-state index contributed by atoms with van der Waals surface area (Å²) in [6.07, 6.45) is 3.39. The smallest absolute Gasteiger partial charge is 0.410 e. The number of ether oxygens (including phenoxy) is 2. The van der Waals surface area contributed by atoms with Gasteiger partial charge in [0.1, 0.15) is 18.0 Å². The minimum atomic E-state index is -3.95. The highest BCUT2D eigenvalue weighted by Crippen LogP contribution is 2.37. The molecule has 0 saturated carbocycles. The number of likely N-dealkylation sites (tertiary alicyclic amines) is 2. The first-order valence-corrected chi connectivity index (χ1v) is 16.9. The van der Waals surface area contributed by atoms with Crippen LogP contribution in [0.5, 0.6) is 0 Å². The second-order valence-corrected chi connectivity index (χ2v) is 15.1. The summed E-state index contributed by atoms with van der Waals surface area (Å²) in [5.74, 6) is 0.927. The number of piperidine rings is 1. The zero-order valence-electron chi connectivity index (χ0n) is 26.5. The number of anilines is 1. The Morgan fingerprint density at radius 2 is 1.75 bits per heavy atom. The van der Waals surface area contributed by atoms with E-state index >= 15 is 0 Å². The number of aromatic nitrogens is 1. The van der Waals surface area contributed by atoms with Crippen molar-refractivity contribution in [3.8, 4) is 0 Å². The van der Waals surface area contributed by atoms with E-state index in [1.54, 1.807) is 17.0 Å². The average Bonchev–Trinajstić information content (AvgIpc) is 3.27. The Labute approximate surface area is 261 Å². The summed E-state index contributed by atoms with van der Waals surface area (Å²) in [6.45, 7) is 11.7. The van der Waals surface area contributed by atoms with E-state index in [1.165, 1.54) is 6.07 Å². The normalized spacial score (nSPS) is 19.8. The van der Waals surface area contributed by atoms with Crippen LogP contribution in [0.2, 0.25) is 0 Å². The van der Waals surface area contributed by atoms with Crippen LogP contribution in [-0.4, -0.2) is 72.2 Å². The molecule has 1 aromatic carbocycles. The van der Waals surface area contributed by atoms with Gasteiger partial charge < -0.3 is 24.6 Å². The third-order valence-corrected chi connectivity index (χ3v) is 9.19. The van der Waals surface area contributed by atoms with Crippen LogP contribution in [0.25, 0.3) is 0 Å². The highest BCUT2D eigenvalue weighted by atomic mass is 32.2. The molecule has 1 aromatic heterocycles. The zero-order valence-corrected chi connectivity index (χ0v) is 27.3. The molecule has 2 saturated heterocycles. The SMILES string of the molecule is CC(C)(C)OC(=O)N1C[C@@H](CCC(Nc2cccc(S(N)(=O)=O)n2)C2CCN(C(=O)OCc3ccccc3)CC2)CC1(C)C. The molecule has 0 radical (unpaired) electrons. The summed E-state index contributed by atoms with van der Waals surface area (Å²) in [6, 6.07) is 14.3. The maximum Gasteiger partial charge on any atom is 0.410 e. The molecular formula is C32H47N5O6S. The lowest BCUT2D eigenvalue weighted by atomic mass is 9.84. The van der Waals surface area contributed by atoms with Crippen molar-refractivity contribution >= 4 is 28.0 Å². The van der Waals surface area contributed by atoms with Gasteiger partial charge in [0, 0.05) is 31.2 Å². The predicted molar refractivity (Wildman–Crippen MR) is 168 cm³/mol. The number of nitrogens with one attached hydrogen (secondary N) is 1. The number of nitrogens with zero attached hydrogens (tertiary/aromatic N) is 3. The largest absolute Gasteiger partial charge is 0.445 e. The number of hydrogen-bond donors (Lipinski definition) is 2. The standard InChI is InChI=1S/C32H47N5O6S/c1-31(2,3)43-30(39)37-21-24(20-32(37,4)5)14-15-26(34-27-12-9-13-28(35-27)44(33,40)41)25-16-18-36(19-17-25)29(38)42-22-23-10-7-6-8-11-23/h6-13,24-26H,14-22H2,1-5H3,(H,34,35)(H2,33,40,41)/t24-,26?/m0/s1. The fourth-order valence-corrected chi connectivity index (χ4v) is 6.69. The third-order valence-electron chi connectivity index (χ3n) is 8.38. The minimum absolute atomic E-state index is 0.0283. The second kappa shape index (κ2) is 13.7. The number of amides is 2. The first-order chi connectivity index (χ1) is 20.6. The van der Waals surface area contributed by atoms with Crippen LogP contribution in [-0.2, 0) is 26.1 Å². The van der Waals surface area contributed by atoms with E-state index in [0.717, 1.165) is 37.7 Å². The molecule has 3 heterocycles. The van der Waals surface area contributed by atoms with Gasteiger partial charge in [-0.1, -0.05) is 36.4 Å². The molecule has 2 atom stereocenters. The van der Waals surface area contributed by atoms with Gasteiger partial charge >= 0.3 is 12.2 Å². The van der Waals surface area contributed by atoms with Crippen molar-refractivity contribution in [3.63, 3.8) is 0 Å². The molecule has 0 spiro atoms. The van der Waals surface area contributed by atoms with Crippen molar-refractivity contribution in [1.82, 2.24) is 14.8 Å². The first-order valence-electron chi connectivity index (χ1n) is 15.3. The van der Waals surface area contributed by atoms with E-state index in [-0.39, 0.29) is 47.2 Å². The number of sulfonamides is 1. The Morgan fingerprint density at radius 3 is 2.39 bits per heavy atom. The highest BCUT2D eigenvalue weighted by Gasteiger charge is 2.43. The molecule has 0 bridgehead atoms. The van der Waals surface area contributed by atoms with Gasteiger partial charge in [-0.15, -0.1) is 0 Å². The Hall–Kier alpha value is -3.38. The molecular weight excluding hydrogens is 582 g/mol. The fraction of sp³-hybridized carbons (Fsp3) is 0.594. The van der Waals surface area contributed by atoms with Crippen molar-refractivity contribution in [2.45, 2.75) is 95.5 Å². The van der Waals surface area contributed by atoms with Crippen molar-refractivity contribution in [2.75, 3.05) is 25.0 Å². The molecule has 2 aliphatic rings. The maximum absolute atomic E-state index is 13.0. The van der Waals surface area contributed by atoms with Crippen molar-refractivity contribution in [2.24, 2.45) is 17.0 Å². The molecule has 12 heteroatoms. The van der Waals surface area contributed by atoms with E-state index in [9.17, 15) is 18.0 Å². The van der Waals surface area contributed by atoms with Gasteiger partial charge in [-0.05, 0) is 96.3 Å². The Kier molecular flexibility index (Phi) is 10.5. The minimum Gasteiger partial charge on any atom is -0.445 e. The van der Waals surface area contributed by atoms with Crippen LogP contribution >= 0.6 is 0 Å². The van der Waals surface area contributed by atoms with Crippen molar-refractivity contribution < 1.29 is 27.5 Å². The summed E-state index contributed by atoms with van der Waals surface area (Å²) in [5, 5.41) is 8.64. The van der Waals surface area contributed by atoms with Gasteiger partial charge in [0.15, 0.2) is 5.03 Å². The lowest BCUT2D eigenvalue weighted by Gasteiger charge is -2.36. The number of carbonyl (C=O) groups excluding carboxylic acids is 2. The number of pyridine rings is 1. The quantitative estimate of drug-likeness (QED) is 0.377. The van der Waals surface area contributed by atoms with E-state index in [0.29, 0.717) is 25.5 Å². The van der Waals surface area contributed by atoms with Crippen LogP contribution in [0.1, 0.15) is 72.3 Å². The monoisotopic (exact) mass is 629 g/mol. The molecule has 4 rings (SSSR count). The molecule has 44 heavy (non-hydrogen) atoms. The molecule has 2 aliphatic heterocycles. The fourth-order valence-electron chi connectivity index (χ4n) is 6.20. The number of benzene rings is 1. The zero-order chi connectivity index (χ0) is 32.1. The summed E-state index contributed by atoms with van der Waals surface area (Å²) in [4.78, 5) is 33.6. The molecule has 0 aliphatic carbocycles. The number of carbonyl (C=O) groups is 2. The van der Waals surface area contributed by atoms with Crippen LogP contribution in [0.4, 0.5) is 15.4 Å². The van der Waals surface area contributed by atoms with Crippen LogP contribution < -0.4 is 10.5 Å². The van der Waals surface area contributed by atoms with Crippen LogP contribution in [0.3, 0.4) is 0 Å². The topological polar surface area (TPSA) is 144 Å². The van der Waals surface area contributed by atoms with Gasteiger partial charge in [0.2, 0.25) is 0 Å². The average molecular weight is 630 g/mol. The number of hydrogen-bond acceptors (Lipinski definition) is 8. The Bertz CT molecular complexity index is 1390. The lowest BCUT2D eigenvalue weighted by Crippen LogP contribution is -2.45. The van der Waals surface area contributed by atoms with E-state index in [2.05, 4.69) is 24.1 Å². The summed E-state index contributed by atoms with van der Waals surface area (Å²) in [7, 11) is -3.95. The van der Waals surface area contributed by atoms with Crippen molar-refractivity contribution in [1.29, 1.82) is 0 Å². The van der Waals surface area contributed by atoms with E-state index in [1.807, 2.05) is 56.0 Å². The van der Waals surface area contributed by atoms with Crippen molar-refractivity contribution in [3.05, 3.63) is 54.1 Å². The number of primary sulfonamides is 1. The van der Waals surface area contributed by atoms with Gasteiger partial charge in [-0.2, -0.15) is 0 Å².